The highest BCUT2D eigenvalue weighted by molar-refractivity contribution is 6.66. The van der Waals surface area contributed by atoms with Crippen LogP contribution in [-0.2, 0) is 3.79 Å². The summed E-state index contributed by atoms with van der Waals surface area (Å²) in [6.07, 6.45) is -0.935. The van der Waals surface area contributed by atoms with Crippen LogP contribution >= 0.6 is 58.0 Å². The van der Waals surface area contributed by atoms with Crippen LogP contribution < -0.4 is 0 Å². The molecule has 20 heavy (non-hydrogen) atoms. The highest BCUT2D eigenvalue weighted by Gasteiger charge is 2.29. The lowest BCUT2D eigenvalue weighted by Crippen LogP contribution is -2.10. The Kier molecular flexibility index (Phi) is 5.12. The Bertz CT molecular complexity index is 604. The first-order valence-electron chi connectivity index (χ1n) is 5.59. The van der Waals surface area contributed by atoms with Gasteiger partial charge < -0.3 is 5.11 Å². The minimum atomic E-state index is -1.67. The smallest absolute Gasteiger partial charge is 0.216 e. The van der Waals surface area contributed by atoms with Gasteiger partial charge in [-0.15, -0.1) is 0 Å². The molecule has 1 N–H and O–H groups in total. The van der Waals surface area contributed by atoms with Gasteiger partial charge in [-0.1, -0.05) is 76.2 Å². The number of hydrogen-bond acceptors (Lipinski definition) is 1. The normalized spacial score (nSPS) is 13.3. The molecule has 0 aliphatic heterocycles. The Morgan fingerprint density at radius 3 is 1.95 bits per heavy atom. The minimum absolute atomic E-state index is 0.345. The summed E-state index contributed by atoms with van der Waals surface area (Å²) in [5.74, 6) is 0. The molecule has 0 aromatic heterocycles. The number of benzene rings is 2. The van der Waals surface area contributed by atoms with E-state index in [-0.39, 0.29) is 0 Å². The number of rotatable bonds is 2. The zero-order valence-electron chi connectivity index (χ0n) is 9.96. The monoisotopic (exact) mass is 368 g/mol. The van der Waals surface area contributed by atoms with Gasteiger partial charge in [0.1, 0.15) is 6.10 Å². The molecule has 0 saturated carbocycles. The van der Waals surface area contributed by atoms with Gasteiger partial charge >= 0.3 is 0 Å². The fourth-order valence-corrected chi connectivity index (χ4v) is 2.63. The summed E-state index contributed by atoms with van der Waals surface area (Å²) in [4.78, 5) is 0. The molecule has 0 radical (unpaired) electrons. The van der Waals surface area contributed by atoms with E-state index < -0.39 is 9.90 Å². The topological polar surface area (TPSA) is 20.2 Å². The molecular weight excluding hydrogens is 361 g/mol. The molecule has 0 amide bonds. The Morgan fingerprint density at radius 2 is 1.40 bits per heavy atom. The molecule has 0 saturated heterocycles. The van der Waals surface area contributed by atoms with Gasteiger partial charge in [0, 0.05) is 15.6 Å². The standard InChI is InChI=1S/C14H9Cl5O/c15-9-3-1-8(2-4-9)13(20)11-6-5-10(16)7-12(11)14(17,18)19/h1-7,13,20H. The summed E-state index contributed by atoms with van der Waals surface area (Å²) in [5.41, 5.74) is 1.47. The van der Waals surface area contributed by atoms with Crippen molar-refractivity contribution in [2.75, 3.05) is 0 Å². The maximum Gasteiger partial charge on any atom is 0.216 e. The molecule has 1 atom stereocenters. The van der Waals surface area contributed by atoms with Crippen LogP contribution in [0.3, 0.4) is 0 Å². The van der Waals surface area contributed by atoms with E-state index in [1.165, 1.54) is 6.07 Å². The van der Waals surface area contributed by atoms with Crippen LogP contribution in [0.2, 0.25) is 10.0 Å². The van der Waals surface area contributed by atoms with E-state index in [4.69, 9.17) is 58.0 Å². The third-order valence-electron chi connectivity index (χ3n) is 2.80. The zero-order chi connectivity index (χ0) is 14.9. The van der Waals surface area contributed by atoms with Crippen LogP contribution in [0.5, 0.6) is 0 Å². The van der Waals surface area contributed by atoms with Crippen LogP contribution in [0.25, 0.3) is 0 Å². The first-order valence-corrected chi connectivity index (χ1v) is 7.48. The molecular formula is C14H9Cl5O. The van der Waals surface area contributed by atoms with E-state index in [2.05, 4.69) is 0 Å². The largest absolute Gasteiger partial charge is 0.384 e. The predicted octanol–water partition coefficient (Wildman–Crippen LogP) is 5.90. The van der Waals surface area contributed by atoms with E-state index in [0.29, 0.717) is 26.7 Å². The summed E-state index contributed by atoms with van der Waals surface area (Å²) in [5, 5.41) is 11.5. The van der Waals surface area contributed by atoms with Crippen molar-refractivity contribution in [3.05, 3.63) is 69.2 Å². The van der Waals surface area contributed by atoms with Gasteiger partial charge in [0.05, 0.1) is 0 Å². The molecule has 0 heterocycles. The first-order chi connectivity index (χ1) is 9.29. The van der Waals surface area contributed by atoms with Crippen LogP contribution in [-0.4, -0.2) is 5.11 Å². The fraction of sp³-hybridized carbons (Fsp3) is 0.143. The molecule has 1 nitrogen and oxygen atoms in total. The van der Waals surface area contributed by atoms with Gasteiger partial charge in [-0.25, -0.2) is 0 Å². The quantitative estimate of drug-likeness (QED) is 0.652. The molecule has 1 unspecified atom stereocenters. The van der Waals surface area contributed by atoms with E-state index >= 15 is 0 Å². The highest BCUT2D eigenvalue weighted by atomic mass is 35.6. The van der Waals surface area contributed by atoms with Crippen molar-refractivity contribution < 1.29 is 5.11 Å². The van der Waals surface area contributed by atoms with Gasteiger partial charge in [0.15, 0.2) is 0 Å². The Balaban J connectivity index is 2.49. The molecule has 0 fully saturated rings. The van der Waals surface area contributed by atoms with E-state index in [1.54, 1.807) is 36.4 Å². The van der Waals surface area contributed by atoms with E-state index in [1.807, 2.05) is 0 Å². The summed E-state index contributed by atoms with van der Waals surface area (Å²) in [6, 6.07) is 11.6. The van der Waals surface area contributed by atoms with Crippen LogP contribution in [0, 0.1) is 0 Å². The molecule has 6 heteroatoms. The number of hydrogen-bond donors (Lipinski definition) is 1. The maximum absolute atomic E-state index is 10.5. The predicted molar refractivity (Wildman–Crippen MR) is 86.2 cm³/mol. The minimum Gasteiger partial charge on any atom is -0.384 e. The molecule has 0 bridgehead atoms. The van der Waals surface area contributed by atoms with Crippen LogP contribution in [0.1, 0.15) is 22.8 Å². The SMILES string of the molecule is OC(c1ccc(Cl)cc1)c1ccc(Cl)cc1C(Cl)(Cl)Cl. The average Bonchev–Trinajstić information content (AvgIpc) is 2.38. The molecule has 0 aliphatic rings. The Hall–Kier alpha value is -0.150. The van der Waals surface area contributed by atoms with Crippen molar-refractivity contribution >= 4 is 58.0 Å². The maximum atomic E-state index is 10.5. The number of aliphatic hydroxyl groups excluding tert-OH is 1. The number of alkyl halides is 3. The summed E-state index contributed by atoms with van der Waals surface area (Å²) >= 11 is 29.5. The van der Waals surface area contributed by atoms with Crippen molar-refractivity contribution in [1.29, 1.82) is 0 Å². The third kappa shape index (κ3) is 3.73. The van der Waals surface area contributed by atoms with Gasteiger partial charge in [0.25, 0.3) is 0 Å². The zero-order valence-corrected chi connectivity index (χ0v) is 13.7. The van der Waals surface area contributed by atoms with Crippen LogP contribution in [0.4, 0.5) is 0 Å². The second kappa shape index (κ2) is 6.31. The lowest BCUT2D eigenvalue weighted by molar-refractivity contribution is 0.219. The molecule has 2 aromatic rings. The van der Waals surface area contributed by atoms with E-state index in [0.717, 1.165) is 0 Å². The van der Waals surface area contributed by atoms with Crippen molar-refractivity contribution in [2.45, 2.75) is 9.90 Å². The van der Waals surface area contributed by atoms with Gasteiger partial charge in [-0.3, -0.25) is 0 Å². The Morgan fingerprint density at radius 1 is 0.850 bits per heavy atom. The summed E-state index contributed by atoms with van der Waals surface area (Å²) in [7, 11) is 0. The van der Waals surface area contributed by atoms with E-state index in [9.17, 15) is 5.11 Å². The summed E-state index contributed by atoms with van der Waals surface area (Å²) in [6.45, 7) is 0. The highest BCUT2D eigenvalue weighted by Crippen LogP contribution is 2.43. The van der Waals surface area contributed by atoms with Gasteiger partial charge in [-0.2, -0.15) is 0 Å². The average molecular weight is 370 g/mol. The lowest BCUT2D eigenvalue weighted by atomic mass is 9.97. The second-order valence-corrected chi connectivity index (χ2v) is 7.34. The Labute approximate surface area is 142 Å². The molecule has 0 spiro atoms. The molecule has 106 valence electrons. The summed E-state index contributed by atoms with van der Waals surface area (Å²) < 4.78 is -1.67. The fourth-order valence-electron chi connectivity index (χ4n) is 1.84. The van der Waals surface area contributed by atoms with Crippen molar-refractivity contribution in [3.63, 3.8) is 0 Å². The molecule has 2 aromatic carbocycles. The van der Waals surface area contributed by atoms with Crippen molar-refractivity contribution in [3.8, 4) is 0 Å². The lowest BCUT2D eigenvalue weighted by Gasteiger charge is -2.21. The third-order valence-corrected chi connectivity index (χ3v) is 3.90. The first kappa shape index (κ1) is 16.2. The molecule has 0 aliphatic carbocycles. The number of aliphatic hydroxyl groups is 1. The number of halogens is 5. The molecule has 2 rings (SSSR count). The van der Waals surface area contributed by atoms with Gasteiger partial charge in [-0.05, 0) is 35.4 Å². The van der Waals surface area contributed by atoms with Crippen molar-refractivity contribution in [1.82, 2.24) is 0 Å². The van der Waals surface area contributed by atoms with Crippen LogP contribution in [0.15, 0.2) is 42.5 Å². The second-order valence-electron chi connectivity index (χ2n) is 4.18. The van der Waals surface area contributed by atoms with Crippen molar-refractivity contribution in [2.24, 2.45) is 0 Å². The van der Waals surface area contributed by atoms with Gasteiger partial charge in [0.2, 0.25) is 3.79 Å².